The number of hydrogen-bond donors (Lipinski definition) is 0. The lowest BCUT2D eigenvalue weighted by Crippen LogP contribution is -2.37. The number of aromatic nitrogens is 2. The van der Waals surface area contributed by atoms with E-state index in [1.54, 1.807) is 19.1 Å². The summed E-state index contributed by atoms with van der Waals surface area (Å²) in [4.78, 5) is 21.4. The summed E-state index contributed by atoms with van der Waals surface area (Å²) in [5, 5.41) is 4.41. The Morgan fingerprint density at radius 3 is 2.67 bits per heavy atom. The van der Waals surface area contributed by atoms with Crippen molar-refractivity contribution in [2.75, 3.05) is 14.2 Å². The fourth-order valence-electron chi connectivity index (χ4n) is 1.70. The van der Waals surface area contributed by atoms with E-state index in [-0.39, 0.29) is 18.3 Å². The Bertz CT molecular complexity index is 701. The summed E-state index contributed by atoms with van der Waals surface area (Å²) in [6, 6.07) is 3.18. The molecule has 1 amide bonds. The molecule has 0 aliphatic rings. The van der Waals surface area contributed by atoms with Gasteiger partial charge in [0.05, 0.1) is 18.5 Å². The number of thiophene rings is 1. The first-order valence-electron chi connectivity index (χ1n) is 6.64. The zero-order valence-electron chi connectivity index (χ0n) is 13.0. The van der Waals surface area contributed by atoms with Crippen molar-refractivity contribution in [3.8, 4) is 10.7 Å². The molecule has 0 saturated carbocycles. The molecule has 7 nitrogen and oxygen atoms in total. The second kappa shape index (κ2) is 7.28. The Morgan fingerprint density at radius 1 is 1.42 bits per heavy atom. The number of alkyl halides is 3. The summed E-state index contributed by atoms with van der Waals surface area (Å²) in [5.41, 5.74) is 0. The van der Waals surface area contributed by atoms with Gasteiger partial charge in [-0.15, -0.1) is 11.3 Å². The van der Waals surface area contributed by atoms with Crippen LogP contribution in [0.25, 0.3) is 10.7 Å². The molecule has 2 aromatic rings. The predicted octanol–water partition coefficient (Wildman–Crippen LogP) is 2.74. The number of hydroxylamine groups is 2. The van der Waals surface area contributed by atoms with Crippen molar-refractivity contribution < 1.29 is 32.1 Å². The number of halogens is 3. The molecule has 0 spiro atoms. The van der Waals surface area contributed by atoms with Gasteiger partial charge in [-0.1, -0.05) is 5.16 Å². The van der Waals surface area contributed by atoms with Crippen LogP contribution in [0, 0.1) is 0 Å². The Balaban J connectivity index is 2.13. The quantitative estimate of drug-likeness (QED) is 0.733. The number of amides is 1. The first-order valence-corrected chi connectivity index (χ1v) is 7.46. The van der Waals surface area contributed by atoms with Crippen LogP contribution in [0.3, 0.4) is 0 Å². The van der Waals surface area contributed by atoms with Gasteiger partial charge < -0.3 is 9.26 Å². The molecule has 0 aromatic carbocycles. The van der Waals surface area contributed by atoms with Crippen molar-refractivity contribution in [3.05, 3.63) is 22.9 Å². The average molecular weight is 365 g/mol. The van der Waals surface area contributed by atoms with Gasteiger partial charge in [-0.05, 0) is 19.1 Å². The smallest absolute Gasteiger partial charge is 0.372 e. The van der Waals surface area contributed by atoms with Gasteiger partial charge in [0.1, 0.15) is 6.10 Å². The second-order valence-corrected chi connectivity index (χ2v) is 5.79. The van der Waals surface area contributed by atoms with Gasteiger partial charge in [-0.25, -0.2) is 5.06 Å². The number of rotatable bonds is 6. The normalized spacial score (nSPS) is 13.1. The lowest BCUT2D eigenvalue weighted by atomic mass is 10.3. The summed E-state index contributed by atoms with van der Waals surface area (Å²) >= 11 is 1.12. The monoisotopic (exact) mass is 365 g/mol. The predicted molar refractivity (Wildman–Crippen MR) is 76.6 cm³/mol. The van der Waals surface area contributed by atoms with E-state index in [1.807, 2.05) is 0 Å². The molecule has 132 valence electrons. The number of nitrogens with zero attached hydrogens (tertiary/aromatic N) is 3. The van der Waals surface area contributed by atoms with E-state index in [1.165, 1.54) is 14.2 Å². The van der Waals surface area contributed by atoms with Gasteiger partial charge in [0.2, 0.25) is 5.82 Å². The zero-order valence-corrected chi connectivity index (χ0v) is 13.8. The van der Waals surface area contributed by atoms with Crippen LogP contribution in [0.2, 0.25) is 0 Å². The van der Waals surface area contributed by atoms with Gasteiger partial charge in [-0.3, -0.25) is 9.63 Å². The van der Waals surface area contributed by atoms with Crippen molar-refractivity contribution in [1.82, 2.24) is 15.2 Å². The van der Waals surface area contributed by atoms with Crippen LogP contribution in [0.15, 0.2) is 16.7 Å². The van der Waals surface area contributed by atoms with Crippen LogP contribution in [-0.2, 0) is 27.1 Å². The summed E-state index contributed by atoms with van der Waals surface area (Å²) in [7, 11) is 2.73. The highest BCUT2D eigenvalue weighted by atomic mass is 32.1. The molecule has 0 N–H and O–H groups in total. The van der Waals surface area contributed by atoms with Crippen molar-refractivity contribution in [2.45, 2.75) is 25.7 Å². The van der Waals surface area contributed by atoms with E-state index in [0.29, 0.717) is 9.75 Å². The summed E-state index contributed by atoms with van der Waals surface area (Å²) in [5.74, 6) is -1.96. The number of methoxy groups -OCH3 is 1. The standard InChI is InChI=1S/C13H14F3N3O4S/c1-7(21-2)11(20)19(22-3)6-8-4-5-9(24-8)10-17-12(23-18-10)13(14,15)16/h4-5,7H,6H2,1-3H3. The number of carbonyl (C=O) groups excluding carboxylic acids is 1. The van der Waals surface area contributed by atoms with Crippen molar-refractivity contribution in [2.24, 2.45) is 0 Å². The minimum absolute atomic E-state index is 0.109. The average Bonchev–Trinajstić information content (AvgIpc) is 3.19. The molecular weight excluding hydrogens is 351 g/mol. The third-order valence-corrected chi connectivity index (χ3v) is 4.08. The number of carbonyl (C=O) groups is 1. The van der Waals surface area contributed by atoms with Gasteiger partial charge in [0, 0.05) is 12.0 Å². The van der Waals surface area contributed by atoms with Crippen LogP contribution in [0.5, 0.6) is 0 Å². The highest BCUT2D eigenvalue weighted by Crippen LogP contribution is 2.32. The molecule has 1 unspecified atom stereocenters. The van der Waals surface area contributed by atoms with Crippen LogP contribution in [0.4, 0.5) is 13.2 Å². The third kappa shape index (κ3) is 4.10. The van der Waals surface area contributed by atoms with E-state index in [0.717, 1.165) is 16.4 Å². The molecule has 2 rings (SSSR count). The van der Waals surface area contributed by atoms with E-state index in [2.05, 4.69) is 14.7 Å². The first-order chi connectivity index (χ1) is 11.3. The van der Waals surface area contributed by atoms with Crippen molar-refractivity contribution >= 4 is 17.2 Å². The lowest BCUT2D eigenvalue weighted by Gasteiger charge is -2.21. The van der Waals surface area contributed by atoms with Crippen LogP contribution < -0.4 is 0 Å². The summed E-state index contributed by atoms with van der Waals surface area (Å²) in [6.07, 6.45) is -5.38. The van der Waals surface area contributed by atoms with Crippen LogP contribution in [-0.4, -0.2) is 41.4 Å². The molecule has 0 aliphatic carbocycles. The molecule has 11 heteroatoms. The molecule has 24 heavy (non-hydrogen) atoms. The Kier molecular flexibility index (Phi) is 5.57. The SMILES string of the molecule is COC(C)C(=O)N(Cc1ccc(-c2noc(C(F)(F)F)n2)s1)OC. The summed E-state index contributed by atoms with van der Waals surface area (Å²) < 4.78 is 46.5. The minimum Gasteiger partial charge on any atom is -0.372 e. The van der Waals surface area contributed by atoms with Crippen LogP contribution in [0.1, 0.15) is 17.7 Å². The largest absolute Gasteiger partial charge is 0.471 e. The molecule has 2 heterocycles. The van der Waals surface area contributed by atoms with Gasteiger partial charge in [0.25, 0.3) is 5.91 Å². The third-order valence-electron chi connectivity index (χ3n) is 3.02. The molecule has 0 fully saturated rings. The number of ether oxygens (including phenoxy) is 1. The number of hydrogen-bond acceptors (Lipinski definition) is 7. The van der Waals surface area contributed by atoms with Crippen LogP contribution >= 0.6 is 11.3 Å². The summed E-state index contributed by atoms with van der Waals surface area (Å²) in [6.45, 7) is 1.68. The Morgan fingerprint density at radius 2 is 2.12 bits per heavy atom. The topological polar surface area (TPSA) is 77.7 Å². The van der Waals surface area contributed by atoms with E-state index in [9.17, 15) is 18.0 Å². The van der Waals surface area contributed by atoms with Crippen molar-refractivity contribution in [1.29, 1.82) is 0 Å². The lowest BCUT2D eigenvalue weighted by molar-refractivity contribution is -0.188. The van der Waals surface area contributed by atoms with Gasteiger partial charge in [0.15, 0.2) is 0 Å². The van der Waals surface area contributed by atoms with E-state index >= 15 is 0 Å². The minimum atomic E-state index is -4.69. The van der Waals surface area contributed by atoms with E-state index in [4.69, 9.17) is 9.57 Å². The molecule has 0 saturated heterocycles. The Labute approximate surface area is 138 Å². The van der Waals surface area contributed by atoms with Gasteiger partial charge in [-0.2, -0.15) is 18.2 Å². The van der Waals surface area contributed by atoms with Gasteiger partial charge >= 0.3 is 12.1 Å². The maximum Gasteiger partial charge on any atom is 0.471 e. The molecule has 2 aromatic heterocycles. The molecular formula is C13H14F3N3O4S. The fourth-order valence-corrected chi connectivity index (χ4v) is 2.61. The maximum atomic E-state index is 12.5. The maximum absolute atomic E-state index is 12.5. The molecule has 0 bridgehead atoms. The van der Waals surface area contributed by atoms with E-state index < -0.39 is 18.2 Å². The second-order valence-electron chi connectivity index (χ2n) is 4.62. The zero-order chi connectivity index (χ0) is 17.9. The van der Waals surface area contributed by atoms with Crippen molar-refractivity contribution in [3.63, 3.8) is 0 Å². The fraction of sp³-hybridized carbons (Fsp3) is 0.462. The first kappa shape index (κ1) is 18.4. The highest BCUT2D eigenvalue weighted by molar-refractivity contribution is 7.15. The molecule has 1 atom stereocenters. The molecule has 0 aliphatic heterocycles. The molecule has 0 radical (unpaired) electrons. The Hall–Kier alpha value is -1.98. The highest BCUT2D eigenvalue weighted by Gasteiger charge is 2.38.